The van der Waals surface area contributed by atoms with Gasteiger partial charge in [0.15, 0.2) is 0 Å². The van der Waals surface area contributed by atoms with Gasteiger partial charge in [-0.3, -0.25) is 0 Å². The fraction of sp³-hybridized carbons (Fsp3) is 0.188. The third-order valence-corrected chi connectivity index (χ3v) is 2.80. The molecule has 0 saturated carbocycles. The molecule has 0 amide bonds. The van der Waals surface area contributed by atoms with Crippen molar-refractivity contribution in [2.75, 3.05) is 13.2 Å². The van der Waals surface area contributed by atoms with Crippen LogP contribution in [0.2, 0.25) is 0 Å². The Morgan fingerprint density at radius 1 is 1.00 bits per heavy atom. The number of ether oxygens (including phenoxy) is 2. The van der Waals surface area contributed by atoms with Gasteiger partial charge in [-0.2, -0.15) is 0 Å². The van der Waals surface area contributed by atoms with Crippen LogP contribution in [-0.2, 0) is 0 Å². The number of hydrogen-bond acceptors (Lipinski definition) is 3. The molecule has 0 heterocycles. The fourth-order valence-electron chi connectivity index (χ4n) is 1.76. The Bertz CT molecular complexity index is 578. The lowest BCUT2D eigenvalue weighted by atomic mass is 10.1. The van der Waals surface area contributed by atoms with Crippen molar-refractivity contribution in [2.24, 2.45) is 0 Å². The normalized spacial score (nSPS) is 10.1. The summed E-state index contributed by atoms with van der Waals surface area (Å²) < 4.78 is 11.0. The van der Waals surface area contributed by atoms with Crippen molar-refractivity contribution in [2.45, 2.75) is 6.92 Å². The number of carbonyl (C=O) groups is 1. The van der Waals surface area contributed by atoms with Crippen molar-refractivity contribution in [3.05, 3.63) is 59.7 Å². The maximum Gasteiger partial charge on any atom is 0.336 e. The highest BCUT2D eigenvalue weighted by Gasteiger charge is 2.08. The first-order valence-corrected chi connectivity index (χ1v) is 6.31. The van der Waals surface area contributed by atoms with Crippen molar-refractivity contribution >= 4 is 5.97 Å². The van der Waals surface area contributed by atoms with Crippen molar-refractivity contribution < 1.29 is 19.4 Å². The number of carboxylic acids is 1. The summed E-state index contributed by atoms with van der Waals surface area (Å²) in [5, 5.41) is 9.03. The quantitative estimate of drug-likeness (QED) is 0.821. The molecule has 0 aromatic heterocycles. The van der Waals surface area contributed by atoms with E-state index in [9.17, 15) is 4.79 Å². The summed E-state index contributed by atoms with van der Waals surface area (Å²) in [7, 11) is 0. The minimum Gasteiger partial charge on any atom is -0.490 e. The predicted molar refractivity (Wildman–Crippen MR) is 75.6 cm³/mol. The highest BCUT2D eigenvalue weighted by molar-refractivity contribution is 5.89. The summed E-state index contributed by atoms with van der Waals surface area (Å²) in [6, 6.07) is 14.5. The average molecular weight is 272 g/mol. The third-order valence-electron chi connectivity index (χ3n) is 2.80. The molecule has 0 radical (unpaired) electrons. The molecule has 0 bridgehead atoms. The summed E-state index contributed by atoms with van der Waals surface area (Å²) >= 11 is 0. The summed E-state index contributed by atoms with van der Waals surface area (Å²) in [6.45, 7) is 2.52. The molecule has 0 aliphatic rings. The van der Waals surface area contributed by atoms with E-state index in [1.807, 2.05) is 30.3 Å². The second kappa shape index (κ2) is 6.61. The number of aromatic carboxylic acids is 1. The maximum atomic E-state index is 11.0. The van der Waals surface area contributed by atoms with Gasteiger partial charge in [0, 0.05) is 0 Å². The Hall–Kier alpha value is -2.49. The summed E-state index contributed by atoms with van der Waals surface area (Å²) in [6.07, 6.45) is 0. The van der Waals surface area contributed by atoms with E-state index in [2.05, 4.69) is 0 Å². The Kier molecular flexibility index (Phi) is 4.60. The van der Waals surface area contributed by atoms with Gasteiger partial charge in [0.05, 0.1) is 5.56 Å². The predicted octanol–water partition coefficient (Wildman–Crippen LogP) is 3.15. The molecule has 2 rings (SSSR count). The molecule has 20 heavy (non-hydrogen) atoms. The van der Waals surface area contributed by atoms with Crippen LogP contribution in [0.15, 0.2) is 48.5 Å². The van der Waals surface area contributed by atoms with Gasteiger partial charge in [0.2, 0.25) is 0 Å². The van der Waals surface area contributed by atoms with Crippen LogP contribution in [0.4, 0.5) is 0 Å². The van der Waals surface area contributed by atoms with E-state index < -0.39 is 5.97 Å². The molecule has 0 spiro atoms. The molecule has 2 aromatic carbocycles. The van der Waals surface area contributed by atoms with Crippen LogP contribution < -0.4 is 9.47 Å². The Morgan fingerprint density at radius 2 is 1.65 bits per heavy atom. The van der Waals surface area contributed by atoms with Gasteiger partial charge in [0.1, 0.15) is 24.7 Å². The largest absolute Gasteiger partial charge is 0.490 e. The lowest BCUT2D eigenvalue weighted by molar-refractivity contribution is 0.0695. The van der Waals surface area contributed by atoms with Crippen molar-refractivity contribution in [3.63, 3.8) is 0 Å². The van der Waals surface area contributed by atoms with Crippen LogP contribution in [0.25, 0.3) is 0 Å². The second-order valence-electron chi connectivity index (χ2n) is 4.29. The lowest BCUT2D eigenvalue weighted by Crippen LogP contribution is -2.09. The SMILES string of the molecule is Cc1ccc(OCCOc2ccccc2)cc1C(=O)O. The first-order valence-electron chi connectivity index (χ1n) is 6.31. The zero-order valence-corrected chi connectivity index (χ0v) is 11.2. The van der Waals surface area contributed by atoms with Gasteiger partial charge in [-0.15, -0.1) is 0 Å². The van der Waals surface area contributed by atoms with Gasteiger partial charge < -0.3 is 14.6 Å². The summed E-state index contributed by atoms with van der Waals surface area (Å²) in [5.41, 5.74) is 0.969. The minimum absolute atomic E-state index is 0.256. The van der Waals surface area contributed by atoms with E-state index >= 15 is 0 Å². The molecule has 0 aliphatic heterocycles. The Balaban J connectivity index is 1.85. The smallest absolute Gasteiger partial charge is 0.336 e. The first-order chi connectivity index (χ1) is 9.66. The summed E-state index contributed by atoms with van der Waals surface area (Å²) in [5.74, 6) is 0.365. The fourth-order valence-corrected chi connectivity index (χ4v) is 1.76. The zero-order valence-electron chi connectivity index (χ0n) is 11.2. The topological polar surface area (TPSA) is 55.8 Å². The number of carboxylic acid groups (broad SMARTS) is 1. The van der Waals surface area contributed by atoms with E-state index in [4.69, 9.17) is 14.6 Å². The van der Waals surface area contributed by atoms with Gasteiger partial charge in [-0.25, -0.2) is 4.79 Å². The van der Waals surface area contributed by atoms with E-state index in [1.54, 1.807) is 19.1 Å². The molecule has 104 valence electrons. The molecule has 0 atom stereocenters. The van der Waals surface area contributed by atoms with E-state index in [1.165, 1.54) is 6.07 Å². The Labute approximate surface area is 117 Å². The second-order valence-corrected chi connectivity index (χ2v) is 4.29. The van der Waals surface area contributed by atoms with Gasteiger partial charge >= 0.3 is 5.97 Å². The van der Waals surface area contributed by atoms with E-state index in [0.29, 0.717) is 24.5 Å². The lowest BCUT2D eigenvalue weighted by Gasteiger charge is -2.09. The monoisotopic (exact) mass is 272 g/mol. The van der Waals surface area contributed by atoms with Crippen LogP contribution in [0, 0.1) is 6.92 Å². The molecule has 0 unspecified atom stereocenters. The highest BCUT2D eigenvalue weighted by Crippen LogP contribution is 2.17. The average Bonchev–Trinajstić information content (AvgIpc) is 2.46. The van der Waals surface area contributed by atoms with Crippen LogP contribution in [0.3, 0.4) is 0 Å². The minimum atomic E-state index is -0.950. The molecule has 1 N–H and O–H groups in total. The molecule has 4 nitrogen and oxygen atoms in total. The first kappa shape index (κ1) is 13.9. The van der Waals surface area contributed by atoms with Gasteiger partial charge in [0.25, 0.3) is 0 Å². The number of aryl methyl sites for hydroxylation is 1. The molecule has 2 aromatic rings. The maximum absolute atomic E-state index is 11.0. The number of benzene rings is 2. The van der Waals surface area contributed by atoms with Crippen molar-refractivity contribution in [1.82, 2.24) is 0 Å². The van der Waals surface area contributed by atoms with E-state index in [-0.39, 0.29) is 5.56 Å². The number of para-hydroxylation sites is 1. The molecule has 4 heteroatoms. The van der Waals surface area contributed by atoms with Crippen LogP contribution in [-0.4, -0.2) is 24.3 Å². The van der Waals surface area contributed by atoms with Gasteiger partial charge in [-0.05, 0) is 36.8 Å². The van der Waals surface area contributed by atoms with E-state index in [0.717, 1.165) is 5.75 Å². The van der Waals surface area contributed by atoms with Crippen LogP contribution in [0.1, 0.15) is 15.9 Å². The number of rotatable bonds is 6. The molecule has 0 fully saturated rings. The molecular formula is C16H16O4. The highest BCUT2D eigenvalue weighted by atomic mass is 16.5. The van der Waals surface area contributed by atoms with Crippen molar-refractivity contribution in [3.8, 4) is 11.5 Å². The van der Waals surface area contributed by atoms with Crippen LogP contribution >= 0.6 is 0 Å². The molecule has 0 saturated heterocycles. The molecule has 0 aliphatic carbocycles. The van der Waals surface area contributed by atoms with Crippen LogP contribution in [0.5, 0.6) is 11.5 Å². The third kappa shape index (κ3) is 3.75. The number of hydrogen-bond donors (Lipinski definition) is 1. The molecular weight excluding hydrogens is 256 g/mol. The van der Waals surface area contributed by atoms with Crippen molar-refractivity contribution in [1.29, 1.82) is 0 Å². The van der Waals surface area contributed by atoms with Gasteiger partial charge in [-0.1, -0.05) is 24.3 Å². The summed E-state index contributed by atoms with van der Waals surface area (Å²) in [4.78, 5) is 11.0. The standard InChI is InChI=1S/C16H16O4/c1-12-7-8-14(11-15(12)16(17)18)20-10-9-19-13-5-3-2-4-6-13/h2-8,11H,9-10H2,1H3,(H,17,18). The zero-order chi connectivity index (χ0) is 14.4. The Morgan fingerprint density at radius 3 is 2.30 bits per heavy atom.